The van der Waals surface area contributed by atoms with Crippen LogP contribution < -0.4 is 0 Å². The molecule has 14 heavy (non-hydrogen) atoms. The first-order valence-electron chi connectivity index (χ1n) is 5.64. The molecular weight excluding hydrogens is 172 g/mol. The smallest absolute Gasteiger partial charge is 0.152 e. The highest BCUT2D eigenvalue weighted by Crippen LogP contribution is 2.61. The summed E-state index contributed by atoms with van der Waals surface area (Å²) in [7, 11) is 0. The molecule has 2 aliphatic rings. The third-order valence-corrected chi connectivity index (χ3v) is 4.71. The summed E-state index contributed by atoms with van der Waals surface area (Å²) in [5.74, 6) is 2.47. The van der Waals surface area contributed by atoms with Gasteiger partial charge in [0.25, 0.3) is 0 Å². The monoisotopic (exact) mass is 192 g/mol. The van der Waals surface area contributed by atoms with Gasteiger partial charge in [-0.1, -0.05) is 26.3 Å². The SMILES string of the molecule is CC(=O)/C=C1/C[C@H]2C[C@@H]1[C@H](C)C2(C)C. The van der Waals surface area contributed by atoms with Gasteiger partial charge in [0.15, 0.2) is 5.78 Å². The van der Waals surface area contributed by atoms with Crippen molar-refractivity contribution in [3.63, 3.8) is 0 Å². The van der Waals surface area contributed by atoms with E-state index in [9.17, 15) is 4.79 Å². The number of hydrogen-bond acceptors (Lipinski definition) is 1. The van der Waals surface area contributed by atoms with Crippen molar-refractivity contribution >= 4 is 5.78 Å². The highest BCUT2D eigenvalue weighted by atomic mass is 16.1. The van der Waals surface area contributed by atoms with Crippen LogP contribution in [0.15, 0.2) is 11.6 Å². The van der Waals surface area contributed by atoms with Gasteiger partial charge < -0.3 is 0 Å². The van der Waals surface area contributed by atoms with E-state index in [-0.39, 0.29) is 5.78 Å². The minimum atomic E-state index is 0.220. The van der Waals surface area contributed by atoms with Crippen molar-refractivity contribution in [2.75, 3.05) is 0 Å². The molecular formula is C13H20O. The van der Waals surface area contributed by atoms with Crippen LogP contribution in [0.5, 0.6) is 0 Å². The number of carbonyl (C=O) groups excluding carboxylic acids is 1. The van der Waals surface area contributed by atoms with Crippen molar-refractivity contribution in [1.29, 1.82) is 0 Å². The molecule has 2 rings (SSSR count). The molecule has 2 saturated carbocycles. The fraction of sp³-hybridized carbons (Fsp3) is 0.769. The molecule has 0 aliphatic heterocycles. The number of rotatable bonds is 1. The zero-order valence-corrected chi connectivity index (χ0v) is 9.63. The Bertz CT molecular complexity index is 294. The van der Waals surface area contributed by atoms with E-state index in [0.717, 1.165) is 11.8 Å². The molecule has 0 aromatic heterocycles. The van der Waals surface area contributed by atoms with Crippen molar-refractivity contribution in [3.05, 3.63) is 11.6 Å². The molecule has 0 aromatic carbocycles. The summed E-state index contributed by atoms with van der Waals surface area (Å²) < 4.78 is 0. The van der Waals surface area contributed by atoms with Crippen LogP contribution in [0, 0.1) is 23.2 Å². The molecule has 0 N–H and O–H groups in total. The highest BCUT2D eigenvalue weighted by Gasteiger charge is 2.52. The Morgan fingerprint density at radius 3 is 2.57 bits per heavy atom. The van der Waals surface area contributed by atoms with Gasteiger partial charge in [-0.05, 0) is 49.0 Å². The summed E-state index contributed by atoms with van der Waals surface area (Å²) >= 11 is 0. The van der Waals surface area contributed by atoms with E-state index in [0.29, 0.717) is 11.3 Å². The Balaban J connectivity index is 2.25. The van der Waals surface area contributed by atoms with E-state index in [1.54, 1.807) is 6.92 Å². The fourth-order valence-electron chi connectivity index (χ4n) is 3.39. The van der Waals surface area contributed by atoms with Crippen LogP contribution in [0.1, 0.15) is 40.5 Å². The molecule has 2 fully saturated rings. The molecule has 0 spiro atoms. The van der Waals surface area contributed by atoms with Crippen LogP contribution in [0.3, 0.4) is 0 Å². The van der Waals surface area contributed by atoms with E-state index >= 15 is 0 Å². The molecule has 78 valence electrons. The first-order valence-corrected chi connectivity index (χ1v) is 5.64. The average Bonchev–Trinajstić information content (AvgIpc) is 2.52. The molecule has 0 amide bonds. The summed E-state index contributed by atoms with van der Waals surface area (Å²) in [5.41, 5.74) is 1.91. The van der Waals surface area contributed by atoms with Crippen molar-refractivity contribution in [2.24, 2.45) is 23.2 Å². The molecule has 1 heteroatoms. The van der Waals surface area contributed by atoms with Crippen LogP contribution in [0.25, 0.3) is 0 Å². The highest BCUT2D eigenvalue weighted by molar-refractivity contribution is 5.88. The van der Waals surface area contributed by atoms with E-state index in [1.807, 2.05) is 6.08 Å². The molecule has 1 nitrogen and oxygen atoms in total. The topological polar surface area (TPSA) is 17.1 Å². The quantitative estimate of drug-likeness (QED) is 0.583. The van der Waals surface area contributed by atoms with Crippen LogP contribution in [-0.4, -0.2) is 5.78 Å². The number of carbonyl (C=O) groups is 1. The summed E-state index contributed by atoms with van der Waals surface area (Å²) in [4.78, 5) is 11.1. The van der Waals surface area contributed by atoms with Crippen LogP contribution in [0.2, 0.25) is 0 Å². The third-order valence-electron chi connectivity index (χ3n) is 4.71. The first-order chi connectivity index (χ1) is 6.43. The number of hydrogen-bond donors (Lipinski definition) is 0. The molecule has 2 aliphatic carbocycles. The van der Waals surface area contributed by atoms with Crippen LogP contribution >= 0.6 is 0 Å². The Morgan fingerprint density at radius 1 is 1.50 bits per heavy atom. The Labute approximate surface area is 86.6 Å². The molecule has 0 radical (unpaired) electrons. The average molecular weight is 192 g/mol. The predicted molar refractivity (Wildman–Crippen MR) is 57.9 cm³/mol. The van der Waals surface area contributed by atoms with Crippen LogP contribution in [-0.2, 0) is 4.79 Å². The van der Waals surface area contributed by atoms with Gasteiger partial charge in [-0.25, -0.2) is 0 Å². The van der Waals surface area contributed by atoms with Crippen molar-refractivity contribution < 1.29 is 4.79 Å². The van der Waals surface area contributed by atoms with Gasteiger partial charge in [0.05, 0.1) is 0 Å². The van der Waals surface area contributed by atoms with E-state index < -0.39 is 0 Å². The van der Waals surface area contributed by atoms with Crippen LogP contribution in [0.4, 0.5) is 0 Å². The Hall–Kier alpha value is -0.590. The lowest BCUT2D eigenvalue weighted by atomic mass is 9.68. The van der Waals surface area contributed by atoms with Gasteiger partial charge in [-0.15, -0.1) is 0 Å². The lowest BCUT2D eigenvalue weighted by Crippen LogP contribution is -2.29. The standard InChI is InChI=1S/C13H20O/c1-8(14)5-10-6-11-7-12(10)9(2)13(11,3)4/h5,9,11-12H,6-7H2,1-4H3/b10-5-/t9-,11-,12+/m0/s1. The normalized spacial score (nSPS) is 42.0. The predicted octanol–water partition coefficient (Wildman–Crippen LogP) is 3.20. The van der Waals surface area contributed by atoms with Gasteiger partial charge in [0.2, 0.25) is 0 Å². The molecule has 3 atom stereocenters. The number of allylic oxidation sites excluding steroid dienone is 2. The van der Waals surface area contributed by atoms with Gasteiger partial charge in [-0.3, -0.25) is 4.79 Å². The summed E-state index contributed by atoms with van der Waals surface area (Å²) in [6, 6.07) is 0. The first kappa shape index (κ1) is 9.95. The Morgan fingerprint density at radius 2 is 2.14 bits per heavy atom. The molecule has 2 bridgehead atoms. The zero-order valence-electron chi connectivity index (χ0n) is 9.63. The maximum Gasteiger partial charge on any atom is 0.152 e. The lowest BCUT2D eigenvalue weighted by Gasteiger charge is -2.37. The molecule has 0 heterocycles. The van der Waals surface area contributed by atoms with Gasteiger partial charge >= 0.3 is 0 Å². The minimum absolute atomic E-state index is 0.220. The second-order valence-corrected chi connectivity index (χ2v) is 5.68. The molecule has 0 saturated heterocycles. The van der Waals surface area contributed by atoms with E-state index in [1.165, 1.54) is 18.4 Å². The van der Waals surface area contributed by atoms with E-state index in [2.05, 4.69) is 20.8 Å². The third kappa shape index (κ3) is 1.25. The van der Waals surface area contributed by atoms with Crippen molar-refractivity contribution in [3.8, 4) is 0 Å². The Kier molecular flexibility index (Phi) is 2.09. The summed E-state index contributed by atoms with van der Waals surface area (Å²) in [6.07, 6.45) is 4.37. The minimum Gasteiger partial charge on any atom is -0.295 e. The maximum atomic E-state index is 11.1. The van der Waals surface area contributed by atoms with Crippen molar-refractivity contribution in [2.45, 2.75) is 40.5 Å². The number of fused-ring (bicyclic) bond motifs is 2. The van der Waals surface area contributed by atoms with Gasteiger partial charge in [-0.2, -0.15) is 0 Å². The fourth-order valence-corrected chi connectivity index (χ4v) is 3.39. The summed E-state index contributed by atoms with van der Waals surface area (Å²) in [5, 5.41) is 0. The van der Waals surface area contributed by atoms with Gasteiger partial charge in [0.1, 0.15) is 0 Å². The lowest BCUT2D eigenvalue weighted by molar-refractivity contribution is -0.112. The van der Waals surface area contributed by atoms with Crippen molar-refractivity contribution in [1.82, 2.24) is 0 Å². The zero-order chi connectivity index (χ0) is 10.5. The second kappa shape index (κ2) is 2.95. The molecule has 0 aromatic rings. The summed E-state index contributed by atoms with van der Waals surface area (Å²) in [6.45, 7) is 8.77. The number of ketones is 1. The maximum absolute atomic E-state index is 11.1. The van der Waals surface area contributed by atoms with E-state index in [4.69, 9.17) is 0 Å². The molecule has 0 unspecified atom stereocenters. The largest absolute Gasteiger partial charge is 0.295 e. The second-order valence-electron chi connectivity index (χ2n) is 5.68. The van der Waals surface area contributed by atoms with Gasteiger partial charge in [0, 0.05) is 0 Å².